The molecule has 0 saturated carbocycles. The average molecular weight is 193 g/mol. The normalized spacial score (nSPS) is 28.9. The van der Waals surface area contributed by atoms with Gasteiger partial charge >= 0.3 is 6.18 Å². The van der Waals surface area contributed by atoms with Gasteiger partial charge in [-0.1, -0.05) is 0 Å². The second kappa shape index (κ2) is 2.58. The number of hydrogen-bond donors (Lipinski definition) is 3. The van der Waals surface area contributed by atoms with Crippen LogP contribution in [0.2, 0.25) is 0 Å². The Hall–Kier alpha value is -1.33. The third-order valence-corrected chi connectivity index (χ3v) is 1.89. The standard InChI is InChI=1S/C7H10F3N3/c1-6(7(8,9)10)2-4(11)5(12)3-13-6/h2-3,13H,11-12H2,1H3. The third kappa shape index (κ3) is 1.56. The molecule has 6 heteroatoms. The van der Waals surface area contributed by atoms with E-state index >= 15 is 0 Å². The van der Waals surface area contributed by atoms with Crippen molar-refractivity contribution in [1.29, 1.82) is 0 Å². The zero-order chi connectivity index (χ0) is 10.3. The quantitative estimate of drug-likeness (QED) is 0.526. The Balaban J connectivity index is 3.01. The van der Waals surface area contributed by atoms with Gasteiger partial charge < -0.3 is 16.8 Å². The summed E-state index contributed by atoms with van der Waals surface area (Å²) < 4.78 is 37.2. The number of dihydropyridines is 1. The van der Waals surface area contributed by atoms with E-state index in [1.54, 1.807) is 0 Å². The van der Waals surface area contributed by atoms with Crippen molar-refractivity contribution < 1.29 is 13.2 Å². The van der Waals surface area contributed by atoms with Crippen molar-refractivity contribution in [2.75, 3.05) is 0 Å². The Kier molecular flexibility index (Phi) is 1.94. The molecular weight excluding hydrogens is 183 g/mol. The summed E-state index contributed by atoms with van der Waals surface area (Å²) in [5.74, 6) is 0. The molecule has 1 atom stereocenters. The molecule has 1 aliphatic rings. The predicted octanol–water partition coefficient (Wildman–Crippen LogP) is 0.553. The first-order valence-electron chi connectivity index (χ1n) is 3.55. The van der Waals surface area contributed by atoms with Crippen molar-refractivity contribution in [2.45, 2.75) is 18.6 Å². The second-order valence-corrected chi connectivity index (χ2v) is 3.04. The first-order chi connectivity index (χ1) is 5.76. The summed E-state index contributed by atoms with van der Waals surface area (Å²) >= 11 is 0. The highest BCUT2D eigenvalue weighted by molar-refractivity contribution is 5.34. The zero-order valence-corrected chi connectivity index (χ0v) is 6.94. The summed E-state index contributed by atoms with van der Waals surface area (Å²) in [6.07, 6.45) is -2.47. The molecule has 5 N–H and O–H groups in total. The van der Waals surface area contributed by atoms with Crippen LogP contribution in [-0.2, 0) is 0 Å². The van der Waals surface area contributed by atoms with Gasteiger partial charge in [0.2, 0.25) is 0 Å². The zero-order valence-electron chi connectivity index (χ0n) is 6.94. The number of alkyl halides is 3. The molecule has 0 aliphatic carbocycles. The van der Waals surface area contributed by atoms with Crippen LogP contribution in [-0.4, -0.2) is 11.7 Å². The predicted molar refractivity (Wildman–Crippen MR) is 42.1 cm³/mol. The van der Waals surface area contributed by atoms with Crippen LogP contribution in [0.25, 0.3) is 0 Å². The summed E-state index contributed by atoms with van der Waals surface area (Å²) in [6.45, 7) is 0.989. The van der Waals surface area contributed by atoms with E-state index < -0.39 is 11.7 Å². The maximum atomic E-state index is 12.4. The summed E-state index contributed by atoms with van der Waals surface area (Å²) in [5, 5.41) is 2.15. The van der Waals surface area contributed by atoms with Crippen molar-refractivity contribution in [2.24, 2.45) is 11.5 Å². The fourth-order valence-electron chi connectivity index (χ4n) is 0.911. The minimum absolute atomic E-state index is 0.0569. The molecule has 0 saturated heterocycles. The minimum Gasteiger partial charge on any atom is -0.397 e. The van der Waals surface area contributed by atoms with E-state index in [1.807, 2.05) is 0 Å². The number of halogens is 3. The molecule has 13 heavy (non-hydrogen) atoms. The van der Waals surface area contributed by atoms with Crippen LogP contribution >= 0.6 is 0 Å². The van der Waals surface area contributed by atoms with Crippen LogP contribution in [0.4, 0.5) is 13.2 Å². The van der Waals surface area contributed by atoms with E-state index in [0.29, 0.717) is 0 Å². The molecule has 1 heterocycles. The summed E-state index contributed by atoms with van der Waals surface area (Å²) in [5.41, 5.74) is 8.49. The maximum absolute atomic E-state index is 12.4. The summed E-state index contributed by atoms with van der Waals surface area (Å²) in [6, 6.07) is 0. The first-order valence-corrected chi connectivity index (χ1v) is 3.55. The summed E-state index contributed by atoms with van der Waals surface area (Å²) in [7, 11) is 0. The Morgan fingerprint density at radius 1 is 1.31 bits per heavy atom. The third-order valence-electron chi connectivity index (χ3n) is 1.89. The highest BCUT2D eigenvalue weighted by Crippen LogP contribution is 2.33. The lowest BCUT2D eigenvalue weighted by Crippen LogP contribution is -2.53. The van der Waals surface area contributed by atoms with E-state index in [2.05, 4.69) is 5.32 Å². The molecule has 0 aromatic carbocycles. The van der Waals surface area contributed by atoms with Gasteiger partial charge in [0.05, 0.1) is 11.4 Å². The van der Waals surface area contributed by atoms with Crippen LogP contribution < -0.4 is 16.8 Å². The van der Waals surface area contributed by atoms with Crippen molar-refractivity contribution in [3.8, 4) is 0 Å². The fourth-order valence-corrected chi connectivity index (χ4v) is 0.911. The van der Waals surface area contributed by atoms with Crippen LogP contribution in [0.15, 0.2) is 23.7 Å². The number of hydrogen-bond acceptors (Lipinski definition) is 3. The van der Waals surface area contributed by atoms with E-state index in [4.69, 9.17) is 11.5 Å². The monoisotopic (exact) mass is 193 g/mol. The smallest absolute Gasteiger partial charge is 0.397 e. The molecule has 0 aromatic rings. The van der Waals surface area contributed by atoms with Crippen molar-refractivity contribution in [1.82, 2.24) is 5.32 Å². The van der Waals surface area contributed by atoms with Gasteiger partial charge in [-0.15, -0.1) is 0 Å². The molecule has 0 amide bonds. The van der Waals surface area contributed by atoms with Gasteiger partial charge in [-0.05, 0) is 13.0 Å². The molecular formula is C7H10F3N3. The Morgan fingerprint density at radius 3 is 2.23 bits per heavy atom. The topological polar surface area (TPSA) is 64.1 Å². The van der Waals surface area contributed by atoms with Gasteiger partial charge in [0.25, 0.3) is 0 Å². The van der Waals surface area contributed by atoms with Crippen LogP contribution in [0.5, 0.6) is 0 Å². The number of rotatable bonds is 0. The lowest BCUT2D eigenvalue weighted by Gasteiger charge is -2.32. The first kappa shape index (κ1) is 9.76. The van der Waals surface area contributed by atoms with Gasteiger partial charge in [0, 0.05) is 6.20 Å². The lowest BCUT2D eigenvalue weighted by molar-refractivity contribution is -0.174. The molecule has 0 spiro atoms. The lowest BCUT2D eigenvalue weighted by atomic mass is 9.97. The van der Waals surface area contributed by atoms with Crippen molar-refractivity contribution in [3.05, 3.63) is 23.7 Å². The largest absolute Gasteiger partial charge is 0.414 e. The van der Waals surface area contributed by atoms with Gasteiger partial charge in [-0.25, -0.2) is 0 Å². The number of nitrogens with one attached hydrogen (secondary N) is 1. The average Bonchev–Trinajstić information content (AvgIpc) is 1.95. The fraction of sp³-hybridized carbons (Fsp3) is 0.429. The highest BCUT2D eigenvalue weighted by Gasteiger charge is 2.50. The van der Waals surface area contributed by atoms with Gasteiger partial charge in [-0.3, -0.25) is 0 Å². The van der Waals surface area contributed by atoms with Crippen LogP contribution in [0.1, 0.15) is 6.92 Å². The Morgan fingerprint density at radius 2 is 1.85 bits per heavy atom. The van der Waals surface area contributed by atoms with E-state index in [-0.39, 0.29) is 11.4 Å². The SMILES string of the molecule is CC1(C(F)(F)F)C=C(N)C(N)=CN1. The van der Waals surface area contributed by atoms with Gasteiger partial charge in [-0.2, -0.15) is 13.2 Å². The molecule has 0 bridgehead atoms. The molecule has 1 rings (SSSR count). The van der Waals surface area contributed by atoms with Crippen LogP contribution in [0.3, 0.4) is 0 Å². The van der Waals surface area contributed by atoms with Crippen molar-refractivity contribution in [3.63, 3.8) is 0 Å². The van der Waals surface area contributed by atoms with E-state index in [0.717, 1.165) is 19.2 Å². The van der Waals surface area contributed by atoms with Crippen molar-refractivity contribution >= 4 is 0 Å². The van der Waals surface area contributed by atoms with Crippen LogP contribution in [0, 0.1) is 0 Å². The second-order valence-electron chi connectivity index (χ2n) is 3.04. The molecule has 0 aromatic heterocycles. The Labute approximate surface area is 73.3 Å². The molecule has 0 radical (unpaired) electrons. The van der Waals surface area contributed by atoms with E-state index in [1.165, 1.54) is 0 Å². The molecule has 1 aliphatic heterocycles. The highest BCUT2D eigenvalue weighted by atomic mass is 19.4. The van der Waals surface area contributed by atoms with E-state index in [9.17, 15) is 13.2 Å². The minimum atomic E-state index is -4.39. The molecule has 74 valence electrons. The molecule has 1 unspecified atom stereocenters. The Bertz CT molecular complexity index is 279. The summed E-state index contributed by atoms with van der Waals surface area (Å²) in [4.78, 5) is 0. The maximum Gasteiger partial charge on any atom is 0.414 e. The molecule has 3 nitrogen and oxygen atoms in total. The van der Waals surface area contributed by atoms with Gasteiger partial charge in [0.15, 0.2) is 5.54 Å². The number of nitrogens with two attached hydrogens (primary N) is 2. The molecule has 0 fully saturated rings. The van der Waals surface area contributed by atoms with Gasteiger partial charge in [0.1, 0.15) is 0 Å².